The van der Waals surface area contributed by atoms with E-state index < -0.39 is 0 Å². The van der Waals surface area contributed by atoms with Crippen molar-refractivity contribution in [2.24, 2.45) is 10.9 Å². The lowest BCUT2D eigenvalue weighted by atomic mass is 10.0. The maximum Gasteiger partial charge on any atom is 0.120 e. The Bertz CT molecular complexity index is 716. The first-order chi connectivity index (χ1) is 12.2. The summed E-state index contributed by atoms with van der Waals surface area (Å²) < 4.78 is 0. The molecule has 0 bridgehead atoms. The molecule has 0 saturated carbocycles. The van der Waals surface area contributed by atoms with E-state index in [9.17, 15) is 0 Å². The van der Waals surface area contributed by atoms with Gasteiger partial charge < -0.3 is 5.43 Å². The van der Waals surface area contributed by atoms with Gasteiger partial charge >= 0.3 is 0 Å². The van der Waals surface area contributed by atoms with Crippen molar-refractivity contribution in [2.75, 3.05) is 11.5 Å². The average molecular weight is 394 g/mol. The maximum atomic E-state index is 6.25. The Hall–Kier alpha value is -1.20. The van der Waals surface area contributed by atoms with Crippen molar-refractivity contribution in [1.82, 2.24) is 10.9 Å². The minimum atomic E-state index is 0.448. The lowest BCUT2D eigenvalue weighted by Crippen LogP contribution is -2.42. The molecule has 1 saturated heterocycles. The summed E-state index contributed by atoms with van der Waals surface area (Å²) in [6, 6.07) is 15.7. The molecule has 0 radical (unpaired) electrons. The van der Waals surface area contributed by atoms with Crippen LogP contribution in [-0.2, 0) is 6.54 Å². The van der Waals surface area contributed by atoms with Crippen LogP contribution in [0, 0.1) is 5.92 Å². The lowest BCUT2D eigenvalue weighted by Gasteiger charge is -2.24. The van der Waals surface area contributed by atoms with Crippen LogP contribution in [0.15, 0.2) is 53.5 Å². The zero-order valence-corrected chi connectivity index (χ0v) is 16.2. The Kier molecular flexibility index (Phi) is 7.05. The molecule has 6 heteroatoms. The van der Waals surface area contributed by atoms with Crippen molar-refractivity contribution < 1.29 is 0 Å². The van der Waals surface area contributed by atoms with E-state index in [1.807, 2.05) is 54.2 Å². The number of thioether (sulfide) groups is 1. The third kappa shape index (κ3) is 5.38. The van der Waals surface area contributed by atoms with Gasteiger partial charge in [-0.2, -0.15) is 11.8 Å². The first-order valence-electron chi connectivity index (χ1n) is 8.37. The number of nitrogens with one attached hydrogen (secondary N) is 2. The Labute approximate surface area is 163 Å². The van der Waals surface area contributed by atoms with Gasteiger partial charge in [0.1, 0.15) is 5.84 Å². The van der Waals surface area contributed by atoms with E-state index in [0.29, 0.717) is 22.5 Å². The summed E-state index contributed by atoms with van der Waals surface area (Å²) in [4.78, 5) is 4.83. The molecule has 0 atom stereocenters. The van der Waals surface area contributed by atoms with Gasteiger partial charge in [0, 0.05) is 12.5 Å². The highest BCUT2D eigenvalue weighted by molar-refractivity contribution is 7.99. The van der Waals surface area contributed by atoms with Crippen molar-refractivity contribution >= 4 is 46.5 Å². The molecule has 0 aromatic heterocycles. The van der Waals surface area contributed by atoms with Gasteiger partial charge in [-0.3, -0.25) is 0 Å². The second kappa shape index (κ2) is 9.48. The molecule has 2 N–H and O–H groups in total. The summed E-state index contributed by atoms with van der Waals surface area (Å²) in [5.74, 6) is 3.80. The Morgan fingerprint density at radius 3 is 2.56 bits per heavy atom. The van der Waals surface area contributed by atoms with E-state index >= 15 is 0 Å². The van der Waals surface area contributed by atoms with Crippen LogP contribution in [0.2, 0.25) is 10.0 Å². The van der Waals surface area contributed by atoms with E-state index in [2.05, 4.69) is 10.9 Å². The molecule has 1 fully saturated rings. The van der Waals surface area contributed by atoms with E-state index in [4.69, 9.17) is 28.2 Å². The molecule has 3 rings (SSSR count). The molecule has 2 aromatic rings. The SMILES string of the molecule is Clc1cccc(CNN/C(=N/c2ccccc2)C2CCSCC2)c1Cl. The van der Waals surface area contributed by atoms with Crippen LogP contribution in [0.5, 0.6) is 0 Å². The van der Waals surface area contributed by atoms with Gasteiger partial charge in [0.25, 0.3) is 0 Å². The van der Waals surface area contributed by atoms with Crippen LogP contribution in [-0.4, -0.2) is 17.3 Å². The molecule has 0 amide bonds. The fourth-order valence-electron chi connectivity index (χ4n) is 2.75. The second-order valence-corrected chi connectivity index (χ2v) is 7.92. The van der Waals surface area contributed by atoms with Crippen LogP contribution in [0.25, 0.3) is 0 Å². The van der Waals surface area contributed by atoms with Crippen LogP contribution in [0.1, 0.15) is 18.4 Å². The van der Waals surface area contributed by atoms with Crippen molar-refractivity contribution in [2.45, 2.75) is 19.4 Å². The molecule has 25 heavy (non-hydrogen) atoms. The van der Waals surface area contributed by atoms with Crippen molar-refractivity contribution in [3.8, 4) is 0 Å². The fraction of sp³-hybridized carbons (Fsp3) is 0.316. The number of benzene rings is 2. The van der Waals surface area contributed by atoms with Gasteiger partial charge in [-0.05, 0) is 48.1 Å². The van der Waals surface area contributed by atoms with Crippen molar-refractivity contribution in [1.29, 1.82) is 0 Å². The summed E-state index contributed by atoms with van der Waals surface area (Å²) in [6.45, 7) is 0.578. The molecular formula is C19H21Cl2N3S. The predicted molar refractivity (Wildman–Crippen MR) is 110 cm³/mol. The normalized spacial score (nSPS) is 16.0. The van der Waals surface area contributed by atoms with Crippen molar-refractivity contribution in [3.63, 3.8) is 0 Å². The highest BCUT2D eigenvalue weighted by Gasteiger charge is 2.19. The molecule has 0 spiro atoms. The molecule has 1 aliphatic rings. The predicted octanol–water partition coefficient (Wildman–Crippen LogP) is 5.46. The minimum absolute atomic E-state index is 0.448. The molecule has 1 heterocycles. The summed E-state index contributed by atoms with van der Waals surface area (Å²) in [6.07, 6.45) is 2.28. The minimum Gasteiger partial charge on any atom is -0.309 e. The second-order valence-electron chi connectivity index (χ2n) is 5.91. The Morgan fingerprint density at radius 1 is 1.04 bits per heavy atom. The van der Waals surface area contributed by atoms with E-state index in [1.54, 1.807) is 6.07 Å². The number of halogens is 2. The molecule has 0 aliphatic carbocycles. The number of hydrogen-bond donors (Lipinski definition) is 2. The summed E-state index contributed by atoms with van der Waals surface area (Å²) >= 11 is 14.3. The highest BCUT2D eigenvalue weighted by Crippen LogP contribution is 2.26. The molecular weight excluding hydrogens is 373 g/mol. The largest absolute Gasteiger partial charge is 0.309 e. The molecule has 1 aliphatic heterocycles. The highest BCUT2D eigenvalue weighted by atomic mass is 35.5. The summed E-state index contributed by atoms with van der Waals surface area (Å²) in [7, 11) is 0. The quantitative estimate of drug-likeness (QED) is 0.402. The van der Waals surface area contributed by atoms with Gasteiger partial charge in [-0.15, -0.1) is 0 Å². The van der Waals surface area contributed by atoms with E-state index in [-0.39, 0.29) is 0 Å². The van der Waals surface area contributed by atoms with Gasteiger partial charge in [-0.25, -0.2) is 10.4 Å². The van der Waals surface area contributed by atoms with Crippen LogP contribution in [0.4, 0.5) is 5.69 Å². The molecule has 132 valence electrons. The third-order valence-electron chi connectivity index (χ3n) is 4.14. The summed E-state index contributed by atoms with van der Waals surface area (Å²) in [5, 5.41) is 1.16. The zero-order valence-electron chi connectivity index (χ0n) is 13.8. The molecule has 0 unspecified atom stereocenters. The Balaban J connectivity index is 1.69. The topological polar surface area (TPSA) is 36.4 Å². The number of amidine groups is 1. The lowest BCUT2D eigenvalue weighted by molar-refractivity contribution is 0.570. The van der Waals surface area contributed by atoms with Gasteiger partial charge in [-0.1, -0.05) is 53.5 Å². The van der Waals surface area contributed by atoms with E-state index in [1.165, 1.54) is 11.5 Å². The standard InChI is InChI=1S/C19H21Cl2N3S/c20-17-8-4-5-15(18(17)21)13-22-24-19(14-9-11-25-12-10-14)23-16-6-2-1-3-7-16/h1-8,14,22H,9-13H2,(H,23,24). The number of hydrogen-bond acceptors (Lipinski definition) is 3. The number of rotatable bonds is 5. The first kappa shape index (κ1) is 18.6. The number of hydrazine groups is 1. The third-order valence-corrected chi connectivity index (χ3v) is 6.05. The number of para-hydroxylation sites is 1. The maximum absolute atomic E-state index is 6.25. The van der Waals surface area contributed by atoms with Gasteiger partial charge in [0.05, 0.1) is 15.7 Å². The average Bonchev–Trinajstić information content (AvgIpc) is 2.66. The van der Waals surface area contributed by atoms with Crippen molar-refractivity contribution in [3.05, 3.63) is 64.1 Å². The molecule has 3 nitrogen and oxygen atoms in total. The van der Waals surface area contributed by atoms with Crippen LogP contribution < -0.4 is 10.9 Å². The first-order valence-corrected chi connectivity index (χ1v) is 10.3. The van der Waals surface area contributed by atoms with E-state index in [0.717, 1.165) is 29.9 Å². The van der Waals surface area contributed by atoms with Crippen LogP contribution in [0.3, 0.4) is 0 Å². The Morgan fingerprint density at radius 2 is 1.80 bits per heavy atom. The zero-order chi connectivity index (χ0) is 17.5. The number of nitrogens with zero attached hydrogens (tertiary/aromatic N) is 1. The summed E-state index contributed by atoms with van der Waals surface area (Å²) in [5.41, 5.74) is 8.50. The monoisotopic (exact) mass is 393 g/mol. The fourth-order valence-corrected chi connectivity index (χ4v) is 4.24. The molecule has 2 aromatic carbocycles. The van der Waals surface area contributed by atoms with Gasteiger partial charge in [0.15, 0.2) is 0 Å². The number of aliphatic imine (C=N–C) groups is 1. The van der Waals surface area contributed by atoms with Gasteiger partial charge in [0.2, 0.25) is 0 Å². The smallest absolute Gasteiger partial charge is 0.120 e. The van der Waals surface area contributed by atoms with Crippen LogP contribution >= 0.6 is 35.0 Å².